The molecule has 0 aromatic carbocycles. The average Bonchev–Trinajstić information content (AvgIpc) is 3.07. The van der Waals surface area contributed by atoms with E-state index in [1.165, 1.54) is 7.05 Å². The van der Waals surface area contributed by atoms with Crippen LogP contribution in [0.15, 0.2) is 16.7 Å². The number of nitrogens with zero attached hydrogens (tertiary/aromatic N) is 3. The number of rotatable bonds is 4. The van der Waals surface area contributed by atoms with E-state index in [2.05, 4.69) is 10.1 Å². The Labute approximate surface area is 147 Å². The van der Waals surface area contributed by atoms with Crippen LogP contribution in [0.4, 0.5) is 0 Å². The number of carbonyl (C=O) groups excluding carboxylic acids is 1. The number of carboxylic acid groups (broad SMARTS) is 1. The quantitative estimate of drug-likeness (QED) is 0.769. The van der Waals surface area contributed by atoms with E-state index in [0.717, 1.165) is 20.2 Å². The monoisotopic (exact) mass is 359 g/mol. The third-order valence-corrected chi connectivity index (χ3v) is 4.85. The number of thiophene rings is 1. The van der Waals surface area contributed by atoms with Crippen LogP contribution in [0, 0.1) is 20.8 Å². The first-order valence-electron chi connectivity index (χ1n) is 7.59. The van der Waals surface area contributed by atoms with Crippen molar-refractivity contribution in [3.05, 3.63) is 33.1 Å². The number of aliphatic carboxylic acids is 1. The number of carboxylic acids is 1. The molecule has 0 spiro atoms. The number of likely N-dealkylation sites (N-methyl/N-ethyl adjacent to an activating group) is 1. The van der Waals surface area contributed by atoms with Crippen molar-refractivity contribution < 1.29 is 19.2 Å². The molecule has 3 heterocycles. The van der Waals surface area contributed by atoms with Crippen molar-refractivity contribution in [2.45, 2.75) is 20.8 Å². The van der Waals surface area contributed by atoms with Crippen molar-refractivity contribution in [2.75, 3.05) is 13.6 Å². The van der Waals surface area contributed by atoms with Gasteiger partial charge in [-0.1, -0.05) is 5.16 Å². The lowest BCUT2D eigenvalue weighted by atomic mass is 10.0. The van der Waals surface area contributed by atoms with Gasteiger partial charge in [0.25, 0.3) is 11.6 Å². The van der Waals surface area contributed by atoms with E-state index in [-0.39, 0.29) is 12.3 Å². The molecule has 3 aromatic heterocycles. The Bertz CT molecular complexity index is 989. The molecule has 130 valence electrons. The second-order valence-corrected chi connectivity index (χ2v) is 7.35. The van der Waals surface area contributed by atoms with Crippen molar-refractivity contribution in [3.63, 3.8) is 0 Å². The largest absolute Gasteiger partial charge is 0.480 e. The molecule has 1 N–H and O–H groups in total. The Kier molecular flexibility index (Phi) is 4.30. The summed E-state index contributed by atoms with van der Waals surface area (Å²) in [5, 5.41) is 13.4. The third-order valence-electron chi connectivity index (χ3n) is 3.88. The lowest BCUT2D eigenvalue weighted by molar-refractivity contribution is -0.137. The Morgan fingerprint density at radius 3 is 2.60 bits per heavy atom. The molecule has 0 aliphatic carbocycles. The summed E-state index contributed by atoms with van der Waals surface area (Å²) in [6, 6.07) is 3.69. The summed E-state index contributed by atoms with van der Waals surface area (Å²) in [6.07, 6.45) is 0. The zero-order valence-electron chi connectivity index (χ0n) is 14.3. The van der Waals surface area contributed by atoms with Gasteiger partial charge in [0.1, 0.15) is 6.54 Å². The second-order valence-electron chi connectivity index (χ2n) is 5.89. The molecule has 0 bridgehead atoms. The first kappa shape index (κ1) is 17.1. The normalized spacial score (nSPS) is 11.0. The fraction of sp³-hybridized carbons (Fsp3) is 0.294. The molecule has 3 rings (SSSR count). The van der Waals surface area contributed by atoms with Crippen molar-refractivity contribution in [1.29, 1.82) is 0 Å². The molecular weight excluding hydrogens is 342 g/mol. The smallest absolute Gasteiger partial charge is 0.323 e. The predicted octanol–water partition coefficient (Wildman–Crippen LogP) is 3.03. The fourth-order valence-electron chi connectivity index (χ4n) is 2.77. The molecule has 0 unspecified atom stereocenters. The van der Waals surface area contributed by atoms with E-state index < -0.39 is 11.9 Å². The molecule has 7 nitrogen and oxygen atoms in total. The Hall–Kier alpha value is -2.74. The van der Waals surface area contributed by atoms with Crippen molar-refractivity contribution in [2.24, 2.45) is 0 Å². The summed E-state index contributed by atoms with van der Waals surface area (Å²) in [5.74, 6) is -1.49. The molecule has 8 heteroatoms. The van der Waals surface area contributed by atoms with Crippen LogP contribution >= 0.6 is 11.3 Å². The number of carbonyl (C=O) groups is 2. The number of pyridine rings is 1. The van der Waals surface area contributed by atoms with Gasteiger partial charge in [-0.05, 0) is 32.9 Å². The van der Waals surface area contributed by atoms with Crippen molar-refractivity contribution >= 4 is 34.3 Å². The standard InChI is InChI=1S/C17H17N3O4S/c1-8-5-11(10(3)25-8)13-6-12(17(23)20(4)7-14(21)22)15-9(2)19-24-16(15)18-13/h5-6H,7H2,1-4H3,(H,21,22). The van der Waals surface area contributed by atoms with E-state index >= 15 is 0 Å². The van der Waals surface area contributed by atoms with Gasteiger partial charge in [-0.15, -0.1) is 11.3 Å². The molecule has 1 amide bonds. The topological polar surface area (TPSA) is 96.5 Å². The minimum atomic E-state index is -1.08. The highest BCUT2D eigenvalue weighted by atomic mass is 32.1. The van der Waals surface area contributed by atoms with Crippen LogP contribution in [0.25, 0.3) is 22.4 Å². The number of fused-ring (bicyclic) bond motifs is 1. The zero-order chi connectivity index (χ0) is 18.3. The van der Waals surface area contributed by atoms with Gasteiger partial charge in [0.05, 0.1) is 22.3 Å². The van der Waals surface area contributed by atoms with E-state index in [1.54, 1.807) is 24.3 Å². The number of hydrogen-bond acceptors (Lipinski definition) is 6. The predicted molar refractivity (Wildman–Crippen MR) is 93.9 cm³/mol. The number of aromatic nitrogens is 2. The Balaban J connectivity index is 2.19. The molecule has 0 radical (unpaired) electrons. The molecule has 0 saturated carbocycles. The number of hydrogen-bond donors (Lipinski definition) is 1. The van der Waals surface area contributed by atoms with Crippen LogP contribution in [0.3, 0.4) is 0 Å². The van der Waals surface area contributed by atoms with Gasteiger partial charge in [-0.2, -0.15) is 0 Å². The Morgan fingerprint density at radius 1 is 1.28 bits per heavy atom. The van der Waals surface area contributed by atoms with E-state index in [0.29, 0.717) is 22.3 Å². The highest BCUT2D eigenvalue weighted by Crippen LogP contribution is 2.33. The summed E-state index contributed by atoms with van der Waals surface area (Å²) < 4.78 is 5.26. The molecule has 0 aliphatic heterocycles. The minimum absolute atomic E-state index is 0.269. The maximum absolute atomic E-state index is 12.8. The summed E-state index contributed by atoms with van der Waals surface area (Å²) in [6.45, 7) is 5.33. The van der Waals surface area contributed by atoms with Gasteiger partial charge in [0.2, 0.25) is 0 Å². The minimum Gasteiger partial charge on any atom is -0.480 e. The van der Waals surface area contributed by atoms with Gasteiger partial charge in [0.15, 0.2) is 0 Å². The van der Waals surface area contributed by atoms with E-state index in [9.17, 15) is 9.59 Å². The number of amides is 1. The van der Waals surface area contributed by atoms with Gasteiger partial charge < -0.3 is 14.5 Å². The molecular formula is C17H17N3O4S. The highest BCUT2D eigenvalue weighted by Gasteiger charge is 2.23. The molecule has 0 saturated heterocycles. The third kappa shape index (κ3) is 3.12. The average molecular weight is 359 g/mol. The van der Waals surface area contributed by atoms with Crippen LogP contribution in [0.1, 0.15) is 25.8 Å². The van der Waals surface area contributed by atoms with E-state index in [1.807, 2.05) is 19.9 Å². The molecule has 0 atom stereocenters. The van der Waals surface area contributed by atoms with Crippen molar-refractivity contribution in [1.82, 2.24) is 15.0 Å². The van der Waals surface area contributed by atoms with Gasteiger partial charge in [-0.3, -0.25) is 9.59 Å². The zero-order valence-corrected chi connectivity index (χ0v) is 15.1. The Morgan fingerprint density at radius 2 is 2.00 bits per heavy atom. The summed E-state index contributed by atoms with van der Waals surface area (Å²) in [7, 11) is 1.45. The summed E-state index contributed by atoms with van der Waals surface area (Å²) in [5.41, 5.74) is 2.68. The lowest BCUT2D eigenvalue weighted by Crippen LogP contribution is -2.32. The summed E-state index contributed by atoms with van der Waals surface area (Å²) >= 11 is 1.64. The van der Waals surface area contributed by atoms with Crippen LogP contribution < -0.4 is 0 Å². The highest BCUT2D eigenvalue weighted by molar-refractivity contribution is 7.12. The van der Waals surface area contributed by atoms with Crippen molar-refractivity contribution in [3.8, 4) is 11.3 Å². The van der Waals surface area contributed by atoms with Gasteiger partial charge in [-0.25, -0.2) is 4.98 Å². The summed E-state index contributed by atoms with van der Waals surface area (Å²) in [4.78, 5) is 31.6. The lowest BCUT2D eigenvalue weighted by Gasteiger charge is -2.15. The van der Waals surface area contributed by atoms with Crippen LogP contribution in [-0.4, -0.2) is 45.6 Å². The molecule has 25 heavy (non-hydrogen) atoms. The maximum Gasteiger partial charge on any atom is 0.323 e. The molecule has 0 fully saturated rings. The molecule has 0 aliphatic rings. The fourth-order valence-corrected chi connectivity index (χ4v) is 3.70. The van der Waals surface area contributed by atoms with Gasteiger partial charge >= 0.3 is 5.97 Å². The maximum atomic E-state index is 12.8. The van der Waals surface area contributed by atoms with Crippen LogP contribution in [0.2, 0.25) is 0 Å². The second kappa shape index (κ2) is 6.29. The van der Waals surface area contributed by atoms with Gasteiger partial charge in [0, 0.05) is 22.4 Å². The van der Waals surface area contributed by atoms with E-state index in [4.69, 9.17) is 9.63 Å². The first-order chi connectivity index (χ1) is 11.8. The van der Waals surface area contributed by atoms with Crippen LogP contribution in [-0.2, 0) is 4.79 Å². The first-order valence-corrected chi connectivity index (χ1v) is 8.41. The van der Waals surface area contributed by atoms with Crippen LogP contribution in [0.5, 0.6) is 0 Å². The number of aryl methyl sites for hydroxylation is 3. The molecule has 3 aromatic rings. The SMILES string of the molecule is Cc1cc(-c2cc(C(=O)N(C)CC(=O)O)c3c(C)noc3n2)c(C)s1.